The predicted molar refractivity (Wildman–Crippen MR) is 120 cm³/mol. The normalized spacial score (nSPS) is 17.3. The van der Waals surface area contributed by atoms with Crippen molar-refractivity contribution in [2.24, 2.45) is 5.73 Å². The van der Waals surface area contributed by atoms with E-state index in [1.165, 1.54) is 17.6 Å². The lowest BCUT2D eigenvalue weighted by Gasteiger charge is -2.30. The number of quaternary nitrogens is 1. The van der Waals surface area contributed by atoms with Gasteiger partial charge in [-0.15, -0.1) is 0 Å². The number of hydrogen-bond acceptors (Lipinski definition) is 5. The minimum atomic E-state index is -0.761. The fourth-order valence-electron chi connectivity index (χ4n) is 3.78. The van der Waals surface area contributed by atoms with Crippen molar-refractivity contribution in [1.82, 2.24) is 10.5 Å². The Morgan fingerprint density at radius 2 is 1.88 bits per heavy atom. The number of amides is 3. The summed E-state index contributed by atoms with van der Waals surface area (Å²) in [6.07, 6.45) is 1.33. The van der Waals surface area contributed by atoms with E-state index in [1.54, 1.807) is 48.5 Å². The molecule has 2 atom stereocenters. The molecule has 0 saturated heterocycles. The van der Waals surface area contributed by atoms with Gasteiger partial charge in [-0.3, -0.25) is 24.7 Å². The molecule has 1 aliphatic heterocycles. The van der Waals surface area contributed by atoms with Gasteiger partial charge in [0.05, 0.1) is 21.8 Å². The van der Waals surface area contributed by atoms with Gasteiger partial charge >= 0.3 is 5.91 Å². The first-order valence-electron chi connectivity index (χ1n) is 9.94. The van der Waals surface area contributed by atoms with Crippen LogP contribution in [0.1, 0.15) is 49.5 Å². The molecule has 5 N–H and O–H groups in total. The maximum atomic E-state index is 13.2. The van der Waals surface area contributed by atoms with Crippen molar-refractivity contribution in [2.45, 2.75) is 18.6 Å². The number of nitrogens with one attached hydrogen (secondary N) is 1. The molecule has 3 amide bonds. The van der Waals surface area contributed by atoms with Crippen LogP contribution in [-0.4, -0.2) is 22.7 Å². The van der Waals surface area contributed by atoms with E-state index in [0.717, 1.165) is 0 Å². The van der Waals surface area contributed by atoms with E-state index in [0.29, 0.717) is 32.4 Å². The van der Waals surface area contributed by atoms with Gasteiger partial charge in [0, 0.05) is 16.8 Å². The summed E-state index contributed by atoms with van der Waals surface area (Å²) in [6.45, 7) is -0.0336. The molecule has 2 heterocycles. The zero-order chi connectivity index (χ0) is 23.5. The second-order valence-electron chi connectivity index (χ2n) is 7.44. The highest BCUT2D eigenvalue weighted by atomic mass is 35.5. The van der Waals surface area contributed by atoms with Crippen molar-refractivity contribution in [3.05, 3.63) is 98.8 Å². The number of nitrogens with zero attached hydrogens (tertiary/aromatic N) is 1. The first-order chi connectivity index (χ1) is 15.8. The molecule has 1 aromatic heterocycles. The summed E-state index contributed by atoms with van der Waals surface area (Å²) in [7, 11) is 0. The van der Waals surface area contributed by atoms with Crippen molar-refractivity contribution < 1.29 is 24.5 Å². The minimum absolute atomic E-state index is 0.0336. The molecule has 0 fully saturated rings. The summed E-state index contributed by atoms with van der Waals surface area (Å²) in [5, 5.41) is 2.30. The van der Waals surface area contributed by atoms with Gasteiger partial charge in [-0.05, 0) is 35.9 Å². The monoisotopic (exact) mass is 485 g/mol. The highest BCUT2D eigenvalue weighted by Crippen LogP contribution is 2.37. The van der Waals surface area contributed by atoms with E-state index in [2.05, 4.69) is 10.5 Å². The van der Waals surface area contributed by atoms with Crippen LogP contribution < -0.4 is 16.5 Å². The van der Waals surface area contributed by atoms with Crippen molar-refractivity contribution >= 4 is 40.9 Å². The summed E-state index contributed by atoms with van der Waals surface area (Å²) in [5.41, 5.74) is 10.0. The lowest BCUT2D eigenvalue weighted by Crippen LogP contribution is -2.91. The maximum Gasteiger partial charge on any atom is 0.343 e. The van der Waals surface area contributed by atoms with Gasteiger partial charge in [0.2, 0.25) is 5.91 Å². The number of pyridine rings is 1. The zero-order valence-electron chi connectivity index (χ0n) is 17.1. The Balaban J connectivity index is 1.57. The third-order valence-electron chi connectivity index (χ3n) is 5.36. The Labute approximate surface area is 199 Å². The number of halogens is 2. The number of fused-ring (bicyclic) bond motifs is 1. The van der Waals surface area contributed by atoms with Gasteiger partial charge in [-0.2, -0.15) is 0 Å². The van der Waals surface area contributed by atoms with Gasteiger partial charge in [0.25, 0.3) is 5.91 Å². The van der Waals surface area contributed by atoms with Gasteiger partial charge in [-0.1, -0.05) is 47.5 Å². The molecular weight excluding hydrogens is 467 g/mol. The first-order valence-corrected chi connectivity index (χ1v) is 10.7. The second kappa shape index (κ2) is 9.68. The number of carbonyl (C=O) groups is 3. The average Bonchev–Trinajstić information content (AvgIpc) is 2.79. The number of nitrogens with two attached hydrogens (primary N) is 2. The van der Waals surface area contributed by atoms with Crippen LogP contribution in [0, 0.1) is 0 Å². The quantitative estimate of drug-likeness (QED) is 0.461. The van der Waals surface area contributed by atoms with Crippen molar-refractivity contribution in [3.63, 3.8) is 0 Å². The number of aromatic nitrogens is 1. The molecule has 0 aliphatic carbocycles. The topological polar surface area (TPSA) is 128 Å². The van der Waals surface area contributed by atoms with E-state index in [9.17, 15) is 14.4 Å². The van der Waals surface area contributed by atoms with Crippen LogP contribution in [0.3, 0.4) is 0 Å². The summed E-state index contributed by atoms with van der Waals surface area (Å²) >= 11 is 12.4. The molecule has 168 valence electrons. The maximum absolute atomic E-state index is 13.2. The van der Waals surface area contributed by atoms with Gasteiger partial charge in [-0.25, -0.2) is 10.3 Å². The number of hydroxylamine groups is 1. The molecule has 0 unspecified atom stereocenters. The van der Waals surface area contributed by atoms with E-state index in [1.807, 2.05) is 0 Å². The third-order valence-corrected chi connectivity index (χ3v) is 5.92. The standard InChI is InChI=1S/C23H18Cl2N4O4/c24-13-6-8-17(18(25)9-13)20-19(15-3-1-2-4-16(15)22(31)28-20)23(32)29-33-11-14-7-5-12(10-27-14)21(26)30/h1-10,19-20H,11H2,(H2,26,30)(H,28,31)(H,29,32)/p+1/t19-,20+/m1/s1. The molecule has 2 aromatic carbocycles. The molecule has 4 rings (SSSR count). The number of hydrogen-bond donors (Lipinski definition) is 3. The summed E-state index contributed by atoms with van der Waals surface area (Å²) in [5.74, 6) is -1.99. The Morgan fingerprint density at radius 3 is 2.58 bits per heavy atom. The second-order valence-corrected chi connectivity index (χ2v) is 8.29. The average molecular weight is 486 g/mol. The summed E-state index contributed by atoms with van der Waals surface area (Å²) < 4.78 is 0. The number of primary amides is 2. The van der Waals surface area contributed by atoms with E-state index in [4.69, 9.17) is 33.8 Å². The van der Waals surface area contributed by atoms with Crippen molar-refractivity contribution in [3.8, 4) is 0 Å². The molecule has 1 aliphatic rings. The summed E-state index contributed by atoms with van der Waals surface area (Å²) in [6, 6.07) is 14.4. The molecule has 0 spiro atoms. The smallest absolute Gasteiger partial charge is 0.343 e. The Kier molecular flexibility index (Phi) is 6.71. The molecule has 0 bridgehead atoms. The van der Waals surface area contributed by atoms with Crippen LogP contribution in [0.2, 0.25) is 10.0 Å². The van der Waals surface area contributed by atoms with Gasteiger partial charge < -0.3 is 5.73 Å². The largest absolute Gasteiger partial charge is 0.366 e. The fraction of sp³-hybridized carbons (Fsp3) is 0.130. The van der Waals surface area contributed by atoms with E-state index < -0.39 is 23.8 Å². The fourth-order valence-corrected chi connectivity index (χ4v) is 4.32. The first kappa shape index (κ1) is 22.9. The molecule has 8 nitrogen and oxygen atoms in total. The van der Waals surface area contributed by atoms with Crippen molar-refractivity contribution in [1.29, 1.82) is 0 Å². The van der Waals surface area contributed by atoms with E-state index >= 15 is 0 Å². The SMILES string of the molecule is NC(=O)c1ccc(CONC(=O)[C@@H]2c3ccccc3C(=O)[NH2+][C@H]2c2ccc(Cl)cc2Cl)nc1. The van der Waals surface area contributed by atoms with Crippen molar-refractivity contribution in [2.75, 3.05) is 0 Å². The molecule has 3 aromatic rings. The van der Waals surface area contributed by atoms with Gasteiger partial charge in [0.1, 0.15) is 18.6 Å². The van der Waals surface area contributed by atoms with Crippen LogP contribution in [0.4, 0.5) is 0 Å². The molecule has 10 heteroatoms. The number of benzene rings is 2. The van der Waals surface area contributed by atoms with Crippen LogP contribution in [0.25, 0.3) is 0 Å². The lowest BCUT2D eigenvalue weighted by atomic mass is 9.80. The van der Waals surface area contributed by atoms with Crippen LogP contribution in [0.15, 0.2) is 60.8 Å². The molecule has 0 saturated carbocycles. The Bertz CT molecular complexity index is 1230. The Hall–Kier alpha value is -3.30. The highest BCUT2D eigenvalue weighted by molar-refractivity contribution is 6.35. The predicted octanol–water partition coefficient (Wildman–Crippen LogP) is 2.28. The molecule has 0 radical (unpaired) electrons. The molecular formula is C23H19Cl2N4O4+. The number of carbonyl (C=O) groups excluding carboxylic acids is 3. The zero-order valence-corrected chi connectivity index (χ0v) is 18.6. The van der Waals surface area contributed by atoms with Crippen LogP contribution >= 0.6 is 23.2 Å². The number of rotatable bonds is 6. The highest BCUT2D eigenvalue weighted by Gasteiger charge is 2.43. The Morgan fingerprint density at radius 1 is 1.09 bits per heavy atom. The third kappa shape index (κ3) is 4.89. The van der Waals surface area contributed by atoms with Crippen LogP contribution in [-0.2, 0) is 16.2 Å². The van der Waals surface area contributed by atoms with E-state index in [-0.39, 0.29) is 18.1 Å². The van der Waals surface area contributed by atoms with Crippen LogP contribution in [0.5, 0.6) is 0 Å². The minimum Gasteiger partial charge on any atom is -0.366 e. The lowest BCUT2D eigenvalue weighted by molar-refractivity contribution is -0.606. The summed E-state index contributed by atoms with van der Waals surface area (Å²) in [4.78, 5) is 46.6. The molecule has 33 heavy (non-hydrogen) atoms. The van der Waals surface area contributed by atoms with Gasteiger partial charge in [0.15, 0.2) is 0 Å².